The standard InChI is InChI=1S/C5H8.C4H8.CH4O/c1-4-5(2)3;1-4(2)3;1-2/h4H,1-2H2,3H3;1H2,2-3H3;2H,1H3. The second kappa shape index (κ2) is 16.1. The SMILES string of the molecule is C=C(C)C.C=CC(=C)C.CO. The summed E-state index contributed by atoms with van der Waals surface area (Å²) in [7, 11) is 1.00. The molecule has 0 fully saturated rings. The molecule has 0 aromatic heterocycles. The molecule has 1 N–H and O–H groups in total. The summed E-state index contributed by atoms with van der Waals surface area (Å²) in [4.78, 5) is 0. The van der Waals surface area contributed by atoms with Crippen LogP contribution in [0.4, 0.5) is 0 Å². The van der Waals surface area contributed by atoms with Crippen LogP contribution in [0, 0.1) is 0 Å². The van der Waals surface area contributed by atoms with E-state index in [9.17, 15) is 0 Å². The second-order valence-corrected chi connectivity index (χ2v) is 2.26. The summed E-state index contributed by atoms with van der Waals surface area (Å²) in [5, 5.41) is 7.00. The Bertz CT molecular complexity index is 108. The Balaban J connectivity index is -0.0000000965. The summed E-state index contributed by atoms with van der Waals surface area (Å²) in [6.45, 7) is 16.4. The van der Waals surface area contributed by atoms with Crippen molar-refractivity contribution in [2.45, 2.75) is 20.8 Å². The number of allylic oxidation sites excluding steroid dienone is 3. The van der Waals surface area contributed by atoms with Gasteiger partial charge in [0, 0.05) is 7.11 Å². The number of hydrogen-bond donors (Lipinski definition) is 1. The van der Waals surface area contributed by atoms with Crippen molar-refractivity contribution >= 4 is 0 Å². The van der Waals surface area contributed by atoms with Gasteiger partial charge in [-0.1, -0.05) is 30.4 Å². The smallest absolute Gasteiger partial charge is 0.0319 e. The van der Waals surface area contributed by atoms with Crippen molar-refractivity contribution in [1.82, 2.24) is 0 Å². The van der Waals surface area contributed by atoms with Gasteiger partial charge in [0.15, 0.2) is 0 Å². The van der Waals surface area contributed by atoms with E-state index >= 15 is 0 Å². The third-order valence-corrected chi connectivity index (χ3v) is 0.348. The highest BCUT2D eigenvalue weighted by molar-refractivity contribution is 5.05. The average Bonchev–Trinajstić information content (AvgIpc) is 1.91. The summed E-state index contributed by atoms with van der Waals surface area (Å²) in [6.07, 6.45) is 1.72. The molecule has 0 radical (unpaired) electrons. The normalized spacial score (nSPS) is 5.91. The first-order valence-corrected chi connectivity index (χ1v) is 3.35. The third kappa shape index (κ3) is 340. The molecule has 0 aliphatic carbocycles. The molecule has 0 unspecified atom stereocenters. The molecule has 0 atom stereocenters. The topological polar surface area (TPSA) is 20.2 Å². The zero-order valence-electron chi connectivity index (χ0n) is 8.15. The van der Waals surface area contributed by atoms with Crippen molar-refractivity contribution in [3.8, 4) is 0 Å². The van der Waals surface area contributed by atoms with Crippen molar-refractivity contribution < 1.29 is 5.11 Å². The second-order valence-electron chi connectivity index (χ2n) is 2.26. The molecule has 0 amide bonds. The molecular formula is C10H20O. The van der Waals surface area contributed by atoms with Gasteiger partial charge in [-0.2, -0.15) is 0 Å². The maximum Gasteiger partial charge on any atom is 0.0319 e. The van der Waals surface area contributed by atoms with E-state index in [1.54, 1.807) is 6.08 Å². The summed E-state index contributed by atoms with van der Waals surface area (Å²) in [6, 6.07) is 0. The maximum absolute atomic E-state index is 7.00. The lowest BCUT2D eigenvalue weighted by molar-refractivity contribution is 0.399. The van der Waals surface area contributed by atoms with Crippen LogP contribution in [0.25, 0.3) is 0 Å². The minimum atomic E-state index is 1.00. The van der Waals surface area contributed by atoms with E-state index in [4.69, 9.17) is 5.11 Å². The lowest BCUT2D eigenvalue weighted by atomic mass is 10.4. The van der Waals surface area contributed by atoms with Crippen molar-refractivity contribution in [2.75, 3.05) is 7.11 Å². The molecule has 0 heterocycles. The van der Waals surface area contributed by atoms with E-state index in [1.165, 1.54) is 5.57 Å². The predicted octanol–water partition coefficient (Wildman–Crippen LogP) is 2.94. The Morgan fingerprint density at radius 3 is 1.18 bits per heavy atom. The van der Waals surface area contributed by atoms with Crippen LogP contribution in [0.15, 0.2) is 37.0 Å². The van der Waals surface area contributed by atoms with Crippen LogP contribution < -0.4 is 0 Å². The number of rotatable bonds is 1. The van der Waals surface area contributed by atoms with Crippen LogP contribution in [0.5, 0.6) is 0 Å². The molecule has 0 aliphatic heterocycles. The van der Waals surface area contributed by atoms with Crippen LogP contribution in [-0.2, 0) is 0 Å². The molecule has 1 nitrogen and oxygen atoms in total. The van der Waals surface area contributed by atoms with Gasteiger partial charge in [-0.3, -0.25) is 0 Å². The summed E-state index contributed by atoms with van der Waals surface area (Å²) >= 11 is 0. The Kier molecular flexibility index (Phi) is 24.3. The molecule has 0 bridgehead atoms. The maximum atomic E-state index is 7.00. The average molecular weight is 156 g/mol. The minimum absolute atomic E-state index is 1.00. The van der Waals surface area contributed by atoms with E-state index in [1.807, 2.05) is 20.8 Å². The van der Waals surface area contributed by atoms with Crippen LogP contribution in [0.2, 0.25) is 0 Å². The fourth-order valence-corrected chi connectivity index (χ4v) is 0. The highest BCUT2D eigenvalue weighted by Crippen LogP contribution is 1.81. The van der Waals surface area contributed by atoms with E-state index < -0.39 is 0 Å². The van der Waals surface area contributed by atoms with Crippen molar-refractivity contribution in [3.05, 3.63) is 37.0 Å². The van der Waals surface area contributed by atoms with Crippen LogP contribution in [0.3, 0.4) is 0 Å². The molecule has 0 aromatic carbocycles. The molecular weight excluding hydrogens is 136 g/mol. The van der Waals surface area contributed by atoms with Gasteiger partial charge >= 0.3 is 0 Å². The van der Waals surface area contributed by atoms with Gasteiger partial charge in [0.2, 0.25) is 0 Å². The van der Waals surface area contributed by atoms with Crippen molar-refractivity contribution in [2.24, 2.45) is 0 Å². The van der Waals surface area contributed by atoms with Gasteiger partial charge in [-0.15, -0.1) is 6.58 Å². The molecule has 0 aromatic rings. The molecule has 0 saturated carbocycles. The van der Waals surface area contributed by atoms with E-state index in [-0.39, 0.29) is 0 Å². The largest absolute Gasteiger partial charge is 0.400 e. The van der Waals surface area contributed by atoms with Crippen LogP contribution in [-0.4, -0.2) is 12.2 Å². The monoisotopic (exact) mass is 156 g/mol. The molecule has 11 heavy (non-hydrogen) atoms. The van der Waals surface area contributed by atoms with Crippen molar-refractivity contribution in [3.63, 3.8) is 0 Å². The quantitative estimate of drug-likeness (QED) is 0.457. The molecule has 0 saturated heterocycles. The summed E-state index contributed by atoms with van der Waals surface area (Å²) in [5.41, 5.74) is 2.19. The predicted molar refractivity (Wildman–Crippen MR) is 53.6 cm³/mol. The minimum Gasteiger partial charge on any atom is -0.400 e. The van der Waals surface area contributed by atoms with Gasteiger partial charge in [0.05, 0.1) is 0 Å². The van der Waals surface area contributed by atoms with Gasteiger partial charge in [-0.05, 0) is 20.8 Å². The number of aliphatic hydroxyl groups is 1. The molecule has 0 aliphatic rings. The Labute approximate surface area is 70.8 Å². The lowest BCUT2D eigenvalue weighted by Gasteiger charge is -1.71. The van der Waals surface area contributed by atoms with Gasteiger partial charge in [0.25, 0.3) is 0 Å². The first-order chi connectivity index (χ1) is 5.00. The number of aliphatic hydroxyl groups excluding tert-OH is 1. The Morgan fingerprint density at radius 1 is 1.09 bits per heavy atom. The zero-order chi connectivity index (χ0) is 9.86. The van der Waals surface area contributed by atoms with Crippen LogP contribution in [0.1, 0.15) is 20.8 Å². The van der Waals surface area contributed by atoms with E-state index in [2.05, 4.69) is 19.7 Å². The van der Waals surface area contributed by atoms with E-state index in [0.717, 1.165) is 12.7 Å². The lowest BCUT2D eigenvalue weighted by Crippen LogP contribution is -1.50. The summed E-state index contributed by atoms with van der Waals surface area (Å²) < 4.78 is 0. The third-order valence-electron chi connectivity index (χ3n) is 0.348. The van der Waals surface area contributed by atoms with Gasteiger partial charge in [-0.25, -0.2) is 0 Å². The molecule has 0 spiro atoms. The number of hydrogen-bond acceptors (Lipinski definition) is 1. The highest BCUT2D eigenvalue weighted by Gasteiger charge is 1.59. The summed E-state index contributed by atoms with van der Waals surface area (Å²) in [5.74, 6) is 0. The highest BCUT2D eigenvalue weighted by atomic mass is 16.2. The fraction of sp³-hybridized carbons (Fsp3) is 0.400. The first-order valence-electron chi connectivity index (χ1n) is 3.35. The van der Waals surface area contributed by atoms with Crippen molar-refractivity contribution in [1.29, 1.82) is 0 Å². The van der Waals surface area contributed by atoms with Gasteiger partial charge < -0.3 is 5.11 Å². The zero-order valence-corrected chi connectivity index (χ0v) is 8.15. The fourth-order valence-electron chi connectivity index (χ4n) is 0. The van der Waals surface area contributed by atoms with Crippen LogP contribution >= 0.6 is 0 Å². The van der Waals surface area contributed by atoms with Gasteiger partial charge in [0.1, 0.15) is 0 Å². The molecule has 1 heteroatoms. The molecule has 0 rings (SSSR count). The first kappa shape index (κ1) is 16.6. The Morgan fingerprint density at radius 2 is 1.18 bits per heavy atom. The Hall–Kier alpha value is -0.820. The van der Waals surface area contributed by atoms with E-state index in [0.29, 0.717) is 0 Å². The molecule has 66 valence electrons.